The first kappa shape index (κ1) is 18.0. The Balaban J connectivity index is 1.60. The maximum Gasteiger partial charge on any atom is 0.262 e. The number of halogens is 1. The van der Waals surface area contributed by atoms with Crippen LogP contribution in [-0.2, 0) is 4.79 Å². The minimum absolute atomic E-state index is 0.0439. The zero-order valence-corrected chi connectivity index (χ0v) is 16.1. The molecule has 6 nitrogen and oxygen atoms in total. The van der Waals surface area contributed by atoms with Crippen LogP contribution in [0.4, 0.5) is 5.82 Å². The van der Waals surface area contributed by atoms with Gasteiger partial charge in [-0.3, -0.25) is 14.2 Å². The van der Waals surface area contributed by atoms with Gasteiger partial charge in [0.05, 0.1) is 21.2 Å². The molecule has 1 N–H and O–H groups in total. The highest BCUT2D eigenvalue weighted by Gasteiger charge is 2.30. The van der Waals surface area contributed by atoms with E-state index in [0.29, 0.717) is 26.9 Å². The summed E-state index contributed by atoms with van der Waals surface area (Å²) in [6.45, 7) is 1.79. The van der Waals surface area contributed by atoms with Crippen molar-refractivity contribution in [1.82, 2.24) is 14.5 Å². The molecule has 0 radical (unpaired) electrons. The Labute approximate surface area is 165 Å². The van der Waals surface area contributed by atoms with Crippen LogP contribution in [0.15, 0.2) is 52.5 Å². The maximum atomic E-state index is 12.9. The molecule has 1 aliphatic rings. The molecule has 2 heterocycles. The number of aromatic nitrogens is 3. The third kappa shape index (κ3) is 3.84. The molecule has 138 valence electrons. The van der Waals surface area contributed by atoms with Gasteiger partial charge in [-0.2, -0.15) is 0 Å². The second-order valence-corrected chi connectivity index (χ2v) is 8.17. The molecule has 0 unspecified atom stereocenters. The van der Waals surface area contributed by atoms with E-state index in [1.165, 1.54) is 18.0 Å². The molecule has 1 aliphatic carbocycles. The molecule has 1 atom stereocenters. The fourth-order valence-corrected chi connectivity index (χ4v) is 3.84. The minimum Gasteiger partial charge on any atom is -0.310 e. The van der Waals surface area contributed by atoms with E-state index in [9.17, 15) is 9.59 Å². The van der Waals surface area contributed by atoms with Crippen LogP contribution in [-0.4, -0.2) is 25.7 Å². The summed E-state index contributed by atoms with van der Waals surface area (Å²) in [7, 11) is 0. The van der Waals surface area contributed by atoms with Crippen LogP contribution in [0, 0.1) is 0 Å². The molecule has 1 fully saturated rings. The van der Waals surface area contributed by atoms with Crippen molar-refractivity contribution in [3.8, 4) is 0 Å². The fraction of sp³-hybridized carbons (Fsp3) is 0.263. The summed E-state index contributed by atoms with van der Waals surface area (Å²) < 4.78 is 1.73. The predicted octanol–water partition coefficient (Wildman–Crippen LogP) is 3.90. The van der Waals surface area contributed by atoms with Gasteiger partial charge in [-0.1, -0.05) is 35.5 Å². The van der Waals surface area contributed by atoms with Crippen molar-refractivity contribution in [1.29, 1.82) is 0 Å². The standard InChI is InChI=1S/C19H17ClN4O2S/c1-11(17(25)23-16-9-6-12(20)10-21-16)27-19-22-15-5-3-2-4-14(15)18(26)24(19)13-7-8-13/h2-6,9-11,13H,7-8H2,1H3,(H,21,23,25)/t11-/m1/s1. The number of nitrogens with one attached hydrogen (secondary N) is 1. The predicted molar refractivity (Wildman–Crippen MR) is 107 cm³/mol. The molecule has 0 saturated heterocycles. The maximum absolute atomic E-state index is 12.9. The minimum atomic E-state index is -0.444. The van der Waals surface area contributed by atoms with Crippen molar-refractivity contribution in [3.63, 3.8) is 0 Å². The molecular formula is C19H17ClN4O2S. The zero-order valence-electron chi connectivity index (χ0n) is 14.6. The van der Waals surface area contributed by atoms with Gasteiger partial charge in [0.15, 0.2) is 5.16 Å². The molecule has 2 aromatic heterocycles. The lowest BCUT2D eigenvalue weighted by atomic mass is 10.2. The number of nitrogens with zero attached hydrogens (tertiary/aromatic N) is 3. The summed E-state index contributed by atoms with van der Waals surface area (Å²) in [4.78, 5) is 34.1. The Bertz CT molecular complexity index is 1060. The van der Waals surface area contributed by atoms with Gasteiger partial charge in [-0.25, -0.2) is 9.97 Å². The van der Waals surface area contributed by atoms with E-state index >= 15 is 0 Å². The van der Waals surface area contributed by atoms with E-state index < -0.39 is 5.25 Å². The molecular weight excluding hydrogens is 384 g/mol. The monoisotopic (exact) mass is 400 g/mol. The van der Waals surface area contributed by atoms with Crippen molar-refractivity contribution >= 4 is 46.0 Å². The molecule has 1 amide bonds. The van der Waals surface area contributed by atoms with Gasteiger partial charge in [0, 0.05) is 12.2 Å². The summed E-state index contributed by atoms with van der Waals surface area (Å²) in [6, 6.07) is 10.8. The van der Waals surface area contributed by atoms with Crippen LogP contribution < -0.4 is 10.9 Å². The van der Waals surface area contributed by atoms with Gasteiger partial charge >= 0.3 is 0 Å². The Morgan fingerprint density at radius 2 is 2.07 bits per heavy atom. The van der Waals surface area contributed by atoms with Crippen LogP contribution >= 0.6 is 23.4 Å². The third-order valence-electron chi connectivity index (χ3n) is 4.32. The van der Waals surface area contributed by atoms with Gasteiger partial charge in [-0.15, -0.1) is 0 Å². The van der Waals surface area contributed by atoms with E-state index in [-0.39, 0.29) is 17.5 Å². The van der Waals surface area contributed by atoms with E-state index in [0.717, 1.165) is 12.8 Å². The summed E-state index contributed by atoms with van der Waals surface area (Å²) in [5, 5.41) is 4.00. The van der Waals surface area contributed by atoms with Crippen LogP contribution in [0.1, 0.15) is 25.8 Å². The number of anilines is 1. The van der Waals surface area contributed by atoms with Crippen LogP contribution in [0.2, 0.25) is 5.02 Å². The number of thioether (sulfide) groups is 1. The number of carbonyl (C=O) groups excluding carboxylic acids is 1. The first-order valence-corrected chi connectivity index (χ1v) is 9.89. The van der Waals surface area contributed by atoms with E-state index in [1.807, 2.05) is 18.2 Å². The first-order valence-electron chi connectivity index (χ1n) is 8.63. The van der Waals surface area contributed by atoms with Gasteiger partial charge in [-0.05, 0) is 44.0 Å². The fourth-order valence-electron chi connectivity index (χ4n) is 2.75. The lowest BCUT2D eigenvalue weighted by Gasteiger charge is -2.16. The van der Waals surface area contributed by atoms with Crippen molar-refractivity contribution in [3.05, 3.63) is 58.0 Å². The molecule has 8 heteroatoms. The topological polar surface area (TPSA) is 76.9 Å². The quantitative estimate of drug-likeness (QED) is 0.519. The van der Waals surface area contributed by atoms with Gasteiger partial charge < -0.3 is 5.32 Å². The summed E-state index contributed by atoms with van der Waals surface area (Å²) in [6.07, 6.45) is 3.40. The summed E-state index contributed by atoms with van der Waals surface area (Å²) in [5.74, 6) is 0.225. The first-order chi connectivity index (χ1) is 13.0. The Morgan fingerprint density at radius 1 is 1.30 bits per heavy atom. The number of hydrogen-bond donors (Lipinski definition) is 1. The Hall–Kier alpha value is -2.38. The highest BCUT2D eigenvalue weighted by Crippen LogP contribution is 2.37. The van der Waals surface area contributed by atoms with Crippen molar-refractivity contribution < 1.29 is 4.79 Å². The van der Waals surface area contributed by atoms with Crippen LogP contribution in [0.3, 0.4) is 0 Å². The SMILES string of the molecule is C[C@@H](Sc1nc2ccccc2c(=O)n1C1CC1)C(=O)Nc1ccc(Cl)cn1. The van der Waals surface area contributed by atoms with E-state index in [4.69, 9.17) is 11.6 Å². The third-order valence-corrected chi connectivity index (χ3v) is 5.61. The Kier molecular flexibility index (Phi) is 4.88. The molecule has 0 bridgehead atoms. The molecule has 0 spiro atoms. The number of hydrogen-bond acceptors (Lipinski definition) is 5. The zero-order chi connectivity index (χ0) is 19.0. The van der Waals surface area contributed by atoms with E-state index in [1.54, 1.807) is 29.7 Å². The van der Waals surface area contributed by atoms with Gasteiger partial charge in [0.2, 0.25) is 5.91 Å². The highest BCUT2D eigenvalue weighted by atomic mass is 35.5. The largest absolute Gasteiger partial charge is 0.310 e. The van der Waals surface area contributed by atoms with Crippen molar-refractivity contribution in [2.75, 3.05) is 5.32 Å². The average molecular weight is 401 g/mol. The number of benzene rings is 1. The Morgan fingerprint density at radius 3 is 2.78 bits per heavy atom. The number of para-hydroxylation sites is 1. The van der Waals surface area contributed by atoms with Gasteiger partial charge in [0.25, 0.3) is 5.56 Å². The number of carbonyl (C=O) groups is 1. The number of fused-ring (bicyclic) bond motifs is 1. The lowest BCUT2D eigenvalue weighted by molar-refractivity contribution is -0.115. The molecule has 3 aromatic rings. The van der Waals surface area contributed by atoms with Crippen LogP contribution in [0.5, 0.6) is 0 Å². The van der Waals surface area contributed by atoms with Crippen molar-refractivity contribution in [2.45, 2.75) is 36.2 Å². The second-order valence-electron chi connectivity index (χ2n) is 6.43. The molecule has 1 saturated carbocycles. The van der Waals surface area contributed by atoms with Crippen molar-refractivity contribution in [2.24, 2.45) is 0 Å². The normalized spacial score (nSPS) is 14.9. The number of amides is 1. The highest BCUT2D eigenvalue weighted by molar-refractivity contribution is 8.00. The number of rotatable bonds is 5. The lowest BCUT2D eigenvalue weighted by Crippen LogP contribution is -2.26. The summed E-state index contributed by atoms with van der Waals surface area (Å²) in [5.41, 5.74) is 0.603. The summed E-state index contributed by atoms with van der Waals surface area (Å²) >= 11 is 7.10. The molecule has 4 rings (SSSR count). The molecule has 1 aromatic carbocycles. The molecule has 27 heavy (non-hydrogen) atoms. The molecule has 0 aliphatic heterocycles. The van der Waals surface area contributed by atoms with E-state index in [2.05, 4.69) is 15.3 Å². The van der Waals surface area contributed by atoms with Crippen LogP contribution in [0.25, 0.3) is 10.9 Å². The second kappa shape index (κ2) is 7.32. The number of pyridine rings is 1. The smallest absolute Gasteiger partial charge is 0.262 e. The average Bonchev–Trinajstić information content (AvgIpc) is 3.48. The van der Waals surface area contributed by atoms with Gasteiger partial charge in [0.1, 0.15) is 5.82 Å².